The molecular formula is C23H29F2N3O3. The topological polar surface area (TPSA) is 70.7 Å². The van der Waals surface area contributed by atoms with Crippen molar-refractivity contribution in [3.8, 4) is 5.75 Å². The Morgan fingerprint density at radius 1 is 1.06 bits per heavy atom. The van der Waals surface area contributed by atoms with Crippen LogP contribution in [0.15, 0.2) is 42.5 Å². The number of hydrogen-bond acceptors (Lipinski definition) is 4. The molecule has 2 amide bonds. The molecule has 0 radical (unpaired) electrons. The molecule has 1 unspecified atom stereocenters. The van der Waals surface area contributed by atoms with Crippen molar-refractivity contribution in [2.24, 2.45) is 0 Å². The van der Waals surface area contributed by atoms with E-state index in [2.05, 4.69) is 29.4 Å². The van der Waals surface area contributed by atoms with Crippen LogP contribution in [0.1, 0.15) is 42.2 Å². The maximum atomic E-state index is 13.7. The van der Waals surface area contributed by atoms with E-state index in [1.165, 1.54) is 0 Å². The SMILES string of the molecule is CCN(CC)C(CNC(=O)CCNC(=O)c1ccc(F)cc1F)c1cccc(OC)c1. The lowest BCUT2D eigenvalue weighted by Crippen LogP contribution is -2.39. The lowest BCUT2D eigenvalue weighted by atomic mass is 10.0. The van der Waals surface area contributed by atoms with Crippen LogP contribution < -0.4 is 15.4 Å². The average Bonchev–Trinajstić information content (AvgIpc) is 2.76. The summed E-state index contributed by atoms with van der Waals surface area (Å²) >= 11 is 0. The summed E-state index contributed by atoms with van der Waals surface area (Å²) in [6.07, 6.45) is 0.0393. The molecule has 1 atom stereocenters. The molecule has 2 rings (SSSR count). The zero-order chi connectivity index (χ0) is 22.8. The van der Waals surface area contributed by atoms with E-state index in [4.69, 9.17) is 4.74 Å². The Balaban J connectivity index is 1.91. The van der Waals surface area contributed by atoms with Gasteiger partial charge in [-0.15, -0.1) is 0 Å². The van der Waals surface area contributed by atoms with Gasteiger partial charge in [0.25, 0.3) is 5.91 Å². The molecule has 2 aromatic rings. The van der Waals surface area contributed by atoms with Gasteiger partial charge in [0.1, 0.15) is 17.4 Å². The number of carbonyl (C=O) groups is 2. The Morgan fingerprint density at radius 3 is 2.45 bits per heavy atom. The first-order valence-corrected chi connectivity index (χ1v) is 10.3. The highest BCUT2D eigenvalue weighted by Crippen LogP contribution is 2.23. The number of nitrogens with zero attached hydrogens (tertiary/aromatic N) is 1. The van der Waals surface area contributed by atoms with E-state index < -0.39 is 17.5 Å². The number of halogens is 2. The van der Waals surface area contributed by atoms with Gasteiger partial charge in [0, 0.05) is 25.6 Å². The molecule has 0 aliphatic carbocycles. The molecule has 6 nitrogen and oxygen atoms in total. The summed E-state index contributed by atoms with van der Waals surface area (Å²) in [6, 6.07) is 10.4. The Labute approximate surface area is 181 Å². The van der Waals surface area contributed by atoms with Gasteiger partial charge in [0.15, 0.2) is 0 Å². The third-order valence-corrected chi connectivity index (χ3v) is 5.04. The van der Waals surface area contributed by atoms with Gasteiger partial charge in [-0.05, 0) is 42.9 Å². The number of likely N-dealkylation sites (N-methyl/N-ethyl adjacent to an activating group) is 1. The first kappa shape index (κ1) is 24.3. The number of rotatable bonds is 11. The zero-order valence-electron chi connectivity index (χ0n) is 18.1. The van der Waals surface area contributed by atoms with E-state index in [-0.39, 0.29) is 30.5 Å². The minimum atomic E-state index is -0.942. The van der Waals surface area contributed by atoms with Crippen LogP contribution >= 0.6 is 0 Å². The maximum Gasteiger partial charge on any atom is 0.254 e. The molecular weight excluding hydrogens is 404 g/mol. The lowest BCUT2D eigenvalue weighted by molar-refractivity contribution is -0.121. The summed E-state index contributed by atoms with van der Waals surface area (Å²) in [6.45, 7) is 6.18. The van der Waals surface area contributed by atoms with Gasteiger partial charge in [-0.25, -0.2) is 8.78 Å². The Morgan fingerprint density at radius 2 is 1.81 bits per heavy atom. The summed E-state index contributed by atoms with van der Waals surface area (Å²) in [5, 5.41) is 5.38. The van der Waals surface area contributed by atoms with Crippen molar-refractivity contribution in [1.82, 2.24) is 15.5 Å². The van der Waals surface area contributed by atoms with Crippen LogP contribution in [0.5, 0.6) is 5.75 Å². The second-order valence-corrected chi connectivity index (χ2v) is 6.95. The number of carbonyl (C=O) groups excluding carboxylic acids is 2. The van der Waals surface area contributed by atoms with E-state index in [0.29, 0.717) is 12.6 Å². The van der Waals surface area contributed by atoms with Gasteiger partial charge in [0.05, 0.1) is 18.7 Å². The third kappa shape index (κ3) is 7.03. The average molecular weight is 433 g/mol. The monoisotopic (exact) mass is 433 g/mol. The lowest BCUT2D eigenvalue weighted by Gasteiger charge is -2.30. The van der Waals surface area contributed by atoms with Gasteiger partial charge in [-0.2, -0.15) is 0 Å². The number of benzene rings is 2. The number of methoxy groups -OCH3 is 1. The summed E-state index contributed by atoms with van der Waals surface area (Å²) in [5.41, 5.74) is 0.768. The van der Waals surface area contributed by atoms with Gasteiger partial charge >= 0.3 is 0 Å². The van der Waals surface area contributed by atoms with E-state index in [1.54, 1.807) is 7.11 Å². The number of hydrogen-bond donors (Lipinski definition) is 2. The van der Waals surface area contributed by atoms with Gasteiger partial charge < -0.3 is 15.4 Å². The number of nitrogens with one attached hydrogen (secondary N) is 2. The largest absolute Gasteiger partial charge is 0.497 e. The summed E-state index contributed by atoms with van der Waals surface area (Å²) < 4.78 is 31.9. The minimum absolute atomic E-state index is 0.0306. The fourth-order valence-corrected chi connectivity index (χ4v) is 3.33. The molecule has 0 aliphatic heterocycles. The zero-order valence-corrected chi connectivity index (χ0v) is 18.1. The van der Waals surface area contributed by atoms with Crippen LogP contribution in [0.2, 0.25) is 0 Å². The van der Waals surface area contributed by atoms with Crippen molar-refractivity contribution in [3.05, 3.63) is 65.2 Å². The van der Waals surface area contributed by atoms with Crippen LogP contribution in [-0.2, 0) is 4.79 Å². The van der Waals surface area contributed by atoms with Crippen molar-refractivity contribution < 1.29 is 23.1 Å². The molecule has 0 aliphatic rings. The highest BCUT2D eigenvalue weighted by Gasteiger charge is 2.19. The minimum Gasteiger partial charge on any atom is -0.497 e. The molecule has 8 heteroatoms. The fraction of sp³-hybridized carbons (Fsp3) is 0.391. The van der Waals surface area contributed by atoms with Gasteiger partial charge in [0.2, 0.25) is 5.91 Å². The predicted molar refractivity (Wildman–Crippen MR) is 115 cm³/mol. The van der Waals surface area contributed by atoms with Crippen LogP contribution in [0, 0.1) is 11.6 Å². The maximum absolute atomic E-state index is 13.7. The second kappa shape index (κ2) is 12.0. The van der Waals surface area contributed by atoms with Crippen molar-refractivity contribution in [2.45, 2.75) is 26.3 Å². The number of ether oxygens (including phenoxy) is 1. The molecule has 0 fully saturated rings. The molecule has 0 saturated heterocycles. The molecule has 168 valence electrons. The van der Waals surface area contributed by atoms with E-state index in [0.717, 1.165) is 36.5 Å². The van der Waals surface area contributed by atoms with Crippen molar-refractivity contribution in [1.29, 1.82) is 0 Å². The van der Waals surface area contributed by atoms with Gasteiger partial charge in [-0.1, -0.05) is 26.0 Å². The normalized spacial score (nSPS) is 11.8. The van der Waals surface area contributed by atoms with Crippen molar-refractivity contribution in [2.75, 3.05) is 33.3 Å². The van der Waals surface area contributed by atoms with E-state index in [1.807, 2.05) is 24.3 Å². The first-order chi connectivity index (χ1) is 14.9. The first-order valence-electron chi connectivity index (χ1n) is 10.3. The Bertz CT molecular complexity index is 888. The molecule has 2 N–H and O–H groups in total. The van der Waals surface area contributed by atoms with Crippen LogP contribution in [0.4, 0.5) is 8.78 Å². The Hall–Kier alpha value is -3.00. The molecule has 0 heterocycles. The highest BCUT2D eigenvalue weighted by atomic mass is 19.1. The molecule has 0 saturated carbocycles. The standard InChI is InChI=1S/C23H29F2N3O3/c1-4-28(5-2)21(16-7-6-8-18(13-16)31-3)15-27-22(29)11-12-26-23(30)19-10-9-17(24)14-20(19)25/h6-10,13-14,21H,4-5,11-12,15H2,1-3H3,(H,26,30)(H,27,29). The van der Waals surface area contributed by atoms with Crippen LogP contribution in [0.3, 0.4) is 0 Å². The molecule has 0 aromatic heterocycles. The molecule has 2 aromatic carbocycles. The molecule has 0 spiro atoms. The Kier molecular flexibility index (Phi) is 9.40. The predicted octanol–water partition coefficient (Wildman–Crippen LogP) is 3.29. The van der Waals surface area contributed by atoms with Crippen LogP contribution in [-0.4, -0.2) is 50.0 Å². The smallest absolute Gasteiger partial charge is 0.254 e. The second-order valence-electron chi connectivity index (χ2n) is 6.95. The fourth-order valence-electron chi connectivity index (χ4n) is 3.33. The summed E-state index contributed by atoms with van der Waals surface area (Å²) in [7, 11) is 1.61. The quantitative estimate of drug-likeness (QED) is 0.571. The summed E-state index contributed by atoms with van der Waals surface area (Å²) in [5.74, 6) is -1.88. The molecule has 31 heavy (non-hydrogen) atoms. The van der Waals surface area contributed by atoms with Crippen molar-refractivity contribution >= 4 is 11.8 Å². The summed E-state index contributed by atoms with van der Waals surface area (Å²) in [4.78, 5) is 26.5. The third-order valence-electron chi connectivity index (χ3n) is 5.04. The number of amides is 2. The molecule has 0 bridgehead atoms. The van der Waals surface area contributed by atoms with Crippen LogP contribution in [0.25, 0.3) is 0 Å². The van der Waals surface area contributed by atoms with Gasteiger partial charge in [-0.3, -0.25) is 14.5 Å². The van der Waals surface area contributed by atoms with Crippen molar-refractivity contribution in [3.63, 3.8) is 0 Å². The van der Waals surface area contributed by atoms with E-state index >= 15 is 0 Å². The van der Waals surface area contributed by atoms with E-state index in [9.17, 15) is 18.4 Å². The highest BCUT2D eigenvalue weighted by molar-refractivity contribution is 5.94.